The summed E-state index contributed by atoms with van der Waals surface area (Å²) in [4.78, 5) is 11.3. The van der Waals surface area contributed by atoms with Gasteiger partial charge in [0.15, 0.2) is 0 Å². The topological polar surface area (TPSA) is 49.8 Å². The van der Waals surface area contributed by atoms with Gasteiger partial charge in [-0.2, -0.15) is 13.2 Å². The molecule has 21 heavy (non-hydrogen) atoms. The number of carbonyl (C=O) groups is 1. The highest BCUT2D eigenvalue weighted by molar-refractivity contribution is 5.69. The van der Waals surface area contributed by atoms with Gasteiger partial charge in [-0.15, -0.1) is 0 Å². The van der Waals surface area contributed by atoms with Crippen LogP contribution in [0.4, 0.5) is 17.6 Å². The molecule has 0 bridgehead atoms. The van der Waals surface area contributed by atoms with Crippen LogP contribution in [0.25, 0.3) is 0 Å². The minimum Gasteiger partial charge on any atom is -0.494 e. The zero-order valence-corrected chi connectivity index (χ0v) is 11.1. The van der Waals surface area contributed by atoms with Crippen molar-refractivity contribution in [1.29, 1.82) is 0 Å². The first kappa shape index (κ1) is 17.2. The molecule has 0 heterocycles. The van der Waals surface area contributed by atoms with E-state index in [1.807, 2.05) is 0 Å². The van der Waals surface area contributed by atoms with Crippen LogP contribution in [0, 0.1) is 5.82 Å². The van der Waals surface area contributed by atoms with E-state index in [0.29, 0.717) is 5.75 Å². The van der Waals surface area contributed by atoms with Gasteiger partial charge in [0, 0.05) is 6.54 Å². The van der Waals surface area contributed by atoms with E-state index in [-0.39, 0.29) is 19.6 Å². The molecular formula is C13H15F4NO3. The molecule has 0 atom stereocenters. The maximum absolute atomic E-state index is 12.6. The van der Waals surface area contributed by atoms with Gasteiger partial charge in [0.25, 0.3) is 0 Å². The van der Waals surface area contributed by atoms with Crippen molar-refractivity contribution in [2.24, 2.45) is 0 Å². The number of hydrogen-bond donors (Lipinski definition) is 1. The summed E-state index contributed by atoms with van der Waals surface area (Å²) in [6.45, 7) is -1.92. The fourth-order valence-electron chi connectivity index (χ4n) is 1.67. The third kappa shape index (κ3) is 8.13. The smallest absolute Gasteiger partial charge is 0.401 e. The largest absolute Gasteiger partial charge is 0.494 e. The number of ether oxygens (including phenoxy) is 1. The third-order valence-electron chi connectivity index (χ3n) is 2.46. The van der Waals surface area contributed by atoms with Crippen molar-refractivity contribution in [2.75, 3.05) is 26.2 Å². The van der Waals surface area contributed by atoms with E-state index in [9.17, 15) is 22.4 Å². The van der Waals surface area contributed by atoms with Gasteiger partial charge in [0.2, 0.25) is 0 Å². The zero-order valence-electron chi connectivity index (χ0n) is 11.1. The molecule has 0 radical (unpaired) electrons. The van der Waals surface area contributed by atoms with E-state index >= 15 is 0 Å². The molecule has 1 N–H and O–H groups in total. The van der Waals surface area contributed by atoms with Gasteiger partial charge in [0.1, 0.15) is 11.6 Å². The number of rotatable bonds is 8. The second kappa shape index (κ2) is 7.82. The Morgan fingerprint density at radius 2 is 1.86 bits per heavy atom. The molecule has 8 heteroatoms. The summed E-state index contributed by atoms with van der Waals surface area (Å²) in [5, 5.41) is 8.57. The predicted molar refractivity (Wildman–Crippen MR) is 66.6 cm³/mol. The van der Waals surface area contributed by atoms with E-state index < -0.39 is 31.1 Å². The Hall–Kier alpha value is -1.83. The lowest BCUT2D eigenvalue weighted by Crippen LogP contribution is -2.38. The number of halogens is 4. The Bertz CT molecular complexity index is 448. The minimum absolute atomic E-state index is 0.0625. The van der Waals surface area contributed by atoms with E-state index in [2.05, 4.69) is 0 Å². The van der Waals surface area contributed by atoms with Crippen molar-refractivity contribution in [2.45, 2.75) is 12.6 Å². The van der Waals surface area contributed by atoms with E-state index in [1.54, 1.807) is 0 Å². The van der Waals surface area contributed by atoms with Crippen LogP contribution in [0.2, 0.25) is 0 Å². The first-order chi connectivity index (χ1) is 9.76. The highest BCUT2D eigenvalue weighted by Crippen LogP contribution is 2.16. The van der Waals surface area contributed by atoms with Gasteiger partial charge in [0.05, 0.1) is 19.7 Å². The molecule has 1 aromatic carbocycles. The van der Waals surface area contributed by atoms with Crippen LogP contribution in [0.3, 0.4) is 0 Å². The van der Waals surface area contributed by atoms with Crippen LogP contribution in [-0.2, 0) is 4.79 Å². The number of carboxylic acid groups (broad SMARTS) is 1. The van der Waals surface area contributed by atoms with Gasteiger partial charge < -0.3 is 9.84 Å². The summed E-state index contributed by atoms with van der Waals surface area (Å²) in [5.74, 6) is -1.34. The molecule has 4 nitrogen and oxygen atoms in total. The Morgan fingerprint density at radius 3 is 2.38 bits per heavy atom. The van der Waals surface area contributed by atoms with E-state index in [4.69, 9.17) is 9.84 Å². The van der Waals surface area contributed by atoms with Crippen LogP contribution in [-0.4, -0.2) is 48.4 Å². The SMILES string of the molecule is O=C(O)CN(CCCOc1ccc(F)cc1)CC(F)(F)F. The second-order valence-electron chi connectivity index (χ2n) is 4.38. The lowest BCUT2D eigenvalue weighted by molar-refractivity contribution is -0.154. The average molecular weight is 309 g/mol. The van der Waals surface area contributed by atoms with Crippen LogP contribution >= 0.6 is 0 Å². The Kier molecular flexibility index (Phi) is 6.41. The molecule has 0 unspecified atom stereocenters. The van der Waals surface area contributed by atoms with Crippen molar-refractivity contribution in [1.82, 2.24) is 4.90 Å². The van der Waals surface area contributed by atoms with Crippen molar-refractivity contribution in [3.05, 3.63) is 30.1 Å². The van der Waals surface area contributed by atoms with Gasteiger partial charge >= 0.3 is 12.1 Å². The maximum Gasteiger partial charge on any atom is 0.401 e. The predicted octanol–water partition coefficient (Wildman–Crippen LogP) is 2.54. The Morgan fingerprint density at radius 1 is 1.24 bits per heavy atom. The first-order valence-corrected chi connectivity index (χ1v) is 6.15. The molecular weight excluding hydrogens is 294 g/mol. The lowest BCUT2D eigenvalue weighted by atomic mass is 10.3. The van der Waals surface area contributed by atoms with Gasteiger partial charge in [-0.1, -0.05) is 0 Å². The van der Waals surface area contributed by atoms with Gasteiger partial charge in [-0.25, -0.2) is 4.39 Å². The van der Waals surface area contributed by atoms with Crippen LogP contribution in [0.5, 0.6) is 5.75 Å². The quantitative estimate of drug-likeness (QED) is 0.592. The first-order valence-electron chi connectivity index (χ1n) is 6.15. The molecule has 0 aliphatic carbocycles. The molecule has 0 amide bonds. The lowest BCUT2D eigenvalue weighted by Gasteiger charge is -2.21. The van der Waals surface area contributed by atoms with Crippen LogP contribution in [0.15, 0.2) is 24.3 Å². The van der Waals surface area contributed by atoms with E-state index in [0.717, 1.165) is 4.90 Å². The fraction of sp³-hybridized carbons (Fsp3) is 0.462. The molecule has 0 saturated heterocycles. The van der Waals surface area contributed by atoms with Crippen molar-refractivity contribution < 1.29 is 32.2 Å². The zero-order chi connectivity index (χ0) is 15.9. The van der Waals surface area contributed by atoms with Crippen molar-refractivity contribution in [3.63, 3.8) is 0 Å². The minimum atomic E-state index is -4.45. The van der Waals surface area contributed by atoms with Crippen molar-refractivity contribution in [3.8, 4) is 5.75 Å². The summed E-state index contributed by atoms with van der Waals surface area (Å²) in [6, 6.07) is 5.21. The molecule has 0 aliphatic heterocycles. The molecule has 0 aliphatic rings. The fourth-order valence-corrected chi connectivity index (χ4v) is 1.67. The molecule has 118 valence electrons. The average Bonchev–Trinajstić information content (AvgIpc) is 2.34. The van der Waals surface area contributed by atoms with Gasteiger partial charge in [-0.05, 0) is 30.7 Å². The summed E-state index contributed by atoms with van der Waals surface area (Å²) in [6.07, 6.45) is -4.23. The monoisotopic (exact) mass is 309 g/mol. The second-order valence-corrected chi connectivity index (χ2v) is 4.38. The van der Waals surface area contributed by atoms with Crippen molar-refractivity contribution >= 4 is 5.97 Å². The highest BCUT2D eigenvalue weighted by atomic mass is 19.4. The summed E-state index contributed by atoms with van der Waals surface area (Å²) >= 11 is 0. The van der Waals surface area contributed by atoms with Crippen LogP contribution < -0.4 is 4.74 Å². The number of carboxylic acids is 1. The summed E-state index contributed by atoms with van der Waals surface area (Å²) < 4.78 is 54.7. The van der Waals surface area contributed by atoms with Crippen LogP contribution in [0.1, 0.15) is 6.42 Å². The molecule has 0 aromatic heterocycles. The highest BCUT2D eigenvalue weighted by Gasteiger charge is 2.31. The maximum atomic E-state index is 12.6. The molecule has 1 aromatic rings. The third-order valence-corrected chi connectivity index (χ3v) is 2.46. The number of aliphatic carboxylic acids is 1. The number of nitrogens with zero attached hydrogens (tertiary/aromatic N) is 1. The van der Waals surface area contributed by atoms with E-state index in [1.165, 1.54) is 24.3 Å². The summed E-state index contributed by atoms with van der Waals surface area (Å²) in [7, 11) is 0. The number of hydrogen-bond acceptors (Lipinski definition) is 3. The Balaban J connectivity index is 2.35. The molecule has 0 fully saturated rings. The Labute approximate surface area is 118 Å². The molecule has 1 rings (SSSR count). The number of benzene rings is 1. The standard InChI is InChI=1S/C13H15F4NO3/c14-10-2-4-11(5-3-10)21-7-1-6-18(8-12(19)20)9-13(15,16)17/h2-5H,1,6-9H2,(H,19,20). The normalized spacial score (nSPS) is 11.7. The molecule has 0 spiro atoms. The summed E-state index contributed by atoms with van der Waals surface area (Å²) in [5.41, 5.74) is 0. The molecule has 0 saturated carbocycles. The number of alkyl halides is 3. The van der Waals surface area contributed by atoms with Gasteiger partial charge in [-0.3, -0.25) is 9.69 Å².